The maximum Gasteiger partial charge on any atom is 0.262 e. The van der Waals surface area contributed by atoms with Gasteiger partial charge in [-0.05, 0) is 19.1 Å². The molecule has 1 aliphatic heterocycles. The lowest BCUT2D eigenvalue weighted by molar-refractivity contribution is 0.0684. The molecule has 20 heavy (non-hydrogen) atoms. The Labute approximate surface area is 123 Å². The van der Waals surface area contributed by atoms with Crippen LogP contribution in [0.25, 0.3) is 0 Å². The highest BCUT2D eigenvalue weighted by Gasteiger charge is 2.35. The van der Waals surface area contributed by atoms with Gasteiger partial charge in [0.15, 0.2) is 5.13 Å². The van der Waals surface area contributed by atoms with Gasteiger partial charge in [-0.25, -0.2) is 4.98 Å². The Kier molecular flexibility index (Phi) is 3.23. The van der Waals surface area contributed by atoms with Gasteiger partial charge in [0.1, 0.15) is 0 Å². The predicted molar refractivity (Wildman–Crippen MR) is 78.9 cm³/mol. The smallest absolute Gasteiger partial charge is 0.262 e. The topological polar surface area (TPSA) is 76.3 Å². The molecule has 0 atom stereocenters. The summed E-state index contributed by atoms with van der Waals surface area (Å²) in [7, 11) is 0. The summed E-state index contributed by atoms with van der Waals surface area (Å²) in [4.78, 5) is 29.7. The van der Waals surface area contributed by atoms with Crippen molar-refractivity contribution in [2.75, 3.05) is 11.6 Å². The zero-order chi connectivity index (χ0) is 14.3. The highest BCUT2D eigenvalue weighted by Crippen LogP contribution is 2.33. The SMILES string of the molecule is Cc1nc(N)sc1SCN1C(=O)c2ccccc2C1=O. The molecular weight excluding hydrogens is 294 g/mol. The molecule has 0 aliphatic carbocycles. The first-order valence-corrected chi connectivity index (χ1v) is 7.69. The average Bonchev–Trinajstić information content (AvgIpc) is 2.87. The lowest BCUT2D eigenvalue weighted by atomic mass is 10.1. The zero-order valence-corrected chi connectivity index (χ0v) is 12.3. The van der Waals surface area contributed by atoms with Crippen LogP contribution in [0.2, 0.25) is 0 Å². The van der Waals surface area contributed by atoms with Crippen molar-refractivity contribution in [2.45, 2.75) is 11.1 Å². The number of anilines is 1. The van der Waals surface area contributed by atoms with Crippen molar-refractivity contribution in [1.82, 2.24) is 9.88 Å². The lowest BCUT2D eigenvalue weighted by Gasteiger charge is -2.12. The fraction of sp³-hybridized carbons (Fsp3) is 0.154. The minimum atomic E-state index is -0.242. The van der Waals surface area contributed by atoms with Crippen molar-refractivity contribution in [3.8, 4) is 0 Å². The van der Waals surface area contributed by atoms with Crippen LogP contribution in [-0.2, 0) is 0 Å². The molecule has 0 saturated carbocycles. The van der Waals surface area contributed by atoms with E-state index in [-0.39, 0.29) is 17.7 Å². The molecule has 0 spiro atoms. The molecular formula is C13H11N3O2S2. The van der Waals surface area contributed by atoms with E-state index < -0.39 is 0 Å². The van der Waals surface area contributed by atoms with Crippen molar-refractivity contribution in [3.63, 3.8) is 0 Å². The first-order chi connectivity index (χ1) is 9.58. The fourth-order valence-electron chi connectivity index (χ4n) is 2.02. The van der Waals surface area contributed by atoms with Gasteiger partial charge in [0, 0.05) is 0 Å². The minimum Gasteiger partial charge on any atom is -0.375 e. The van der Waals surface area contributed by atoms with Gasteiger partial charge in [-0.15, -0.1) is 0 Å². The summed E-state index contributed by atoms with van der Waals surface area (Å²) in [5.74, 6) is -0.212. The molecule has 0 saturated heterocycles. The zero-order valence-electron chi connectivity index (χ0n) is 10.6. The lowest BCUT2D eigenvalue weighted by Crippen LogP contribution is -2.29. The van der Waals surface area contributed by atoms with E-state index in [0.717, 1.165) is 9.90 Å². The third-order valence-electron chi connectivity index (χ3n) is 2.97. The number of nitrogens with zero attached hydrogens (tertiary/aromatic N) is 2. The summed E-state index contributed by atoms with van der Waals surface area (Å²) in [6, 6.07) is 6.87. The van der Waals surface area contributed by atoms with E-state index in [4.69, 9.17) is 5.73 Å². The summed E-state index contributed by atoms with van der Waals surface area (Å²) in [6.07, 6.45) is 0. The summed E-state index contributed by atoms with van der Waals surface area (Å²) in [5, 5.41) is 0.493. The van der Waals surface area contributed by atoms with Crippen LogP contribution in [0.15, 0.2) is 28.5 Å². The van der Waals surface area contributed by atoms with Gasteiger partial charge in [0.2, 0.25) is 0 Å². The summed E-state index contributed by atoms with van der Waals surface area (Å²) in [5.41, 5.74) is 7.40. The molecule has 7 heteroatoms. The number of benzene rings is 1. The van der Waals surface area contributed by atoms with E-state index in [1.54, 1.807) is 24.3 Å². The predicted octanol–water partition coefficient (Wildman–Crippen LogP) is 2.38. The number of amides is 2. The van der Waals surface area contributed by atoms with Crippen LogP contribution in [0.4, 0.5) is 5.13 Å². The number of nitrogens with two attached hydrogens (primary N) is 1. The maximum atomic E-state index is 12.2. The number of thiazole rings is 1. The maximum absolute atomic E-state index is 12.2. The first kappa shape index (κ1) is 13.1. The minimum absolute atomic E-state index is 0.242. The molecule has 102 valence electrons. The molecule has 2 aromatic rings. The molecule has 5 nitrogen and oxygen atoms in total. The molecule has 0 unspecified atom stereocenters. The number of carbonyl (C=O) groups is 2. The molecule has 1 aromatic heterocycles. The van der Waals surface area contributed by atoms with Crippen molar-refractivity contribution >= 4 is 40.0 Å². The van der Waals surface area contributed by atoms with E-state index in [2.05, 4.69) is 4.98 Å². The first-order valence-electron chi connectivity index (χ1n) is 5.89. The van der Waals surface area contributed by atoms with E-state index in [1.807, 2.05) is 6.92 Å². The van der Waals surface area contributed by atoms with E-state index in [0.29, 0.717) is 16.3 Å². The van der Waals surface area contributed by atoms with Crippen LogP contribution in [-0.4, -0.2) is 27.6 Å². The van der Waals surface area contributed by atoms with Crippen molar-refractivity contribution in [1.29, 1.82) is 0 Å². The normalized spacial score (nSPS) is 13.9. The van der Waals surface area contributed by atoms with Crippen LogP contribution in [0.5, 0.6) is 0 Å². The van der Waals surface area contributed by atoms with Gasteiger partial charge in [0.05, 0.1) is 26.9 Å². The largest absolute Gasteiger partial charge is 0.375 e. The molecule has 3 rings (SSSR count). The monoisotopic (exact) mass is 305 g/mol. The van der Waals surface area contributed by atoms with Crippen LogP contribution < -0.4 is 5.73 Å². The van der Waals surface area contributed by atoms with Crippen LogP contribution >= 0.6 is 23.1 Å². The highest BCUT2D eigenvalue weighted by atomic mass is 32.2. The molecule has 0 fully saturated rings. The van der Waals surface area contributed by atoms with E-state index in [9.17, 15) is 9.59 Å². The van der Waals surface area contributed by atoms with Crippen molar-refractivity contribution in [3.05, 3.63) is 41.1 Å². The van der Waals surface area contributed by atoms with Gasteiger partial charge in [-0.1, -0.05) is 35.2 Å². The number of thioether (sulfide) groups is 1. The Morgan fingerprint density at radius 3 is 2.35 bits per heavy atom. The van der Waals surface area contributed by atoms with Gasteiger partial charge < -0.3 is 5.73 Å². The Bertz CT molecular complexity index is 676. The summed E-state index contributed by atoms with van der Waals surface area (Å²) < 4.78 is 0.930. The number of fused-ring (bicyclic) bond motifs is 1. The molecule has 2 heterocycles. The molecule has 1 aromatic carbocycles. The third-order valence-corrected chi connectivity index (χ3v) is 5.30. The number of rotatable bonds is 3. The van der Waals surface area contributed by atoms with Crippen molar-refractivity contribution < 1.29 is 9.59 Å². The van der Waals surface area contributed by atoms with Gasteiger partial charge in [-0.2, -0.15) is 0 Å². The summed E-state index contributed by atoms with van der Waals surface area (Å²) in [6.45, 7) is 1.86. The van der Waals surface area contributed by atoms with E-state index >= 15 is 0 Å². The number of imide groups is 1. The Morgan fingerprint density at radius 1 is 1.25 bits per heavy atom. The second-order valence-corrected chi connectivity index (χ2v) is 6.53. The van der Waals surface area contributed by atoms with Crippen LogP contribution in [0.3, 0.4) is 0 Å². The molecule has 0 bridgehead atoms. The number of aromatic nitrogens is 1. The number of aryl methyl sites for hydroxylation is 1. The molecule has 0 radical (unpaired) electrons. The van der Waals surface area contributed by atoms with Gasteiger partial charge in [-0.3, -0.25) is 14.5 Å². The van der Waals surface area contributed by atoms with Crippen LogP contribution in [0.1, 0.15) is 26.4 Å². The number of hydrogen-bond donors (Lipinski definition) is 1. The highest BCUT2D eigenvalue weighted by molar-refractivity contribution is 8.01. The van der Waals surface area contributed by atoms with Gasteiger partial charge in [0.25, 0.3) is 11.8 Å². The van der Waals surface area contributed by atoms with Crippen molar-refractivity contribution in [2.24, 2.45) is 0 Å². The number of hydrogen-bond acceptors (Lipinski definition) is 6. The second-order valence-electron chi connectivity index (χ2n) is 4.28. The second kappa shape index (κ2) is 4.92. The number of nitrogen functional groups attached to an aromatic ring is 1. The molecule has 2 amide bonds. The Balaban J connectivity index is 1.79. The molecule has 2 N–H and O–H groups in total. The van der Waals surface area contributed by atoms with Gasteiger partial charge >= 0.3 is 0 Å². The standard InChI is InChI=1S/C13H11N3O2S2/c1-7-12(20-13(14)15-7)19-6-16-10(17)8-4-2-3-5-9(8)11(16)18/h2-5H,6H2,1H3,(H2,14,15). The van der Waals surface area contributed by atoms with Crippen LogP contribution in [0, 0.1) is 6.92 Å². The Hall–Kier alpha value is -1.86. The summed E-state index contributed by atoms with van der Waals surface area (Å²) >= 11 is 2.77. The number of carbonyl (C=O) groups excluding carboxylic acids is 2. The Morgan fingerprint density at radius 2 is 1.85 bits per heavy atom. The third kappa shape index (κ3) is 2.08. The average molecular weight is 305 g/mol. The molecule has 1 aliphatic rings. The quantitative estimate of drug-likeness (QED) is 0.696. The fourth-order valence-corrected chi connectivity index (χ4v) is 3.97. The van der Waals surface area contributed by atoms with E-state index in [1.165, 1.54) is 28.0 Å².